The van der Waals surface area contributed by atoms with Crippen molar-refractivity contribution in [2.24, 2.45) is 0 Å². The Labute approximate surface area is 500 Å². The van der Waals surface area contributed by atoms with Gasteiger partial charge in [-0.3, -0.25) is 9.97 Å². The van der Waals surface area contributed by atoms with Crippen LogP contribution in [0.15, 0.2) is 119 Å². The van der Waals surface area contributed by atoms with Gasteiger partial charge in [0.15, 0.2) is 34.5 Å². The van der Waals surface area contributed by atoms with Crippen molar-refractivity contribution in [2.75, 3.05) is 36.8 Å². The zero-order chi connectivity index (χ0) is 62.5. The first-order chi connectivity index (χ1) is 41.3. The Morgan fingerprint density at radius 2 is 1.06 bits per heavy atom. The highest BCUT2D eigenvalue weighted by atomic mass is 19.1. The Hall–Kier alpha value is -10.1. The van der Waals surface area contributed by atoms with Crippen LogP contribution in [0.25, 0.3) is 67.9 Å². The molecule has 0 aliphatic carbocycles. The quantitative estimate of drug-likeness (QED) is 0.127. The number of imide groups is 1. The zero-order valence-corrected chi connectivity index (χ0v) is 49.5. The lowest BCUT2D eigenvalue weighted by Gasteiger charge is -2.37. The van der Waals surface area contributed by atoms with Gasteiger partial charge in [0.25, 0.3) is 0 Å². The van der Waals surface area contributed by atoms with Gasteiger partial charge >= 0.3 is 18.3 Å². The molecular formula is C63H64F2N14O8. The van der Waals surface area contributed by atoms with Crippen LogP contribution in [0.5, 0.6) is 0 Å². The lowest BCUT2D eigenvalue weighted by atomic mass is 9.76. The van der Waals surface area contributed by atoms with Gasteiger partial charge in [0.1, 0.15) is 50.7 Å². The number of piperidine rings is 2. The average Bonchev–Trinajstić information content (AvgIpc) is 2.10. The van der Waals surface area contributed by atoms with Crippen molar-refractivity contribution in [2.45, 2.75) is 116 Å². The van der Waals surface area contributed by atoms with Crippen molar-refractivity contribution in [3.8, 4) is 80.1 Å². The molecular weight excluding hydrogens is 1120 g/mol. The minimum Gasteiger partial charge on any atom is -0.444 e. The Bertz CT molecular complexity index is 3910. The van der Waals surface area contributed by atoms with E-state index in [-0.39, 0.29) is 58.9 Å². The summed E-state index contributed by atoms with van der Waals surface area (Å²) in [6.07, 6.45) is 5.50. The predicted octanol–water partition coefficient (Wildman–Crippen LogP) is 12.2. The van der Waals surface area contributed by atoms with Gasteiger partial charge in [-0.1, -0.05) is 34.6 Å². The van der Waals surface area contributed by atoms with Gasteiger partial charge in [0.2, 0.25) is 0 Å². The van der Waals surface area contributed by atoms with E-state index in [1.54, 1.807) is 122 Å². The fourth-order valence-electron chi connectivity index (χ4n) is 9.60. The van der Waals surface area contributed by atoms with Crippen LogP contribution >= 0.6 is 0 Å². The topological polar surface area (TPSA) is 300 Å². The number of nitrogens with zero attached hydrogens (tertiary/aromatic N) is 12. The largest absolute Gasteiger partial charge is 0.444 e. The number of carbonyl (C=O) groups is 3. The van der Waals surface area contributed by atoms with Gasteiger partial charge in [-0.2, -0.15) is 15.4 Å². The Kier molecular flexibility index (Phi) is 17.6. The van der Waals surface area contributed by atoms with E-state index in [0.29, 0.717) is 70.2 Å². The molecule has 87 heavy (non-hydrogen) atoms. The van der Waals surface area contributed by atoms with Crippen LogP contribution in [0, 0.1) is 34.3 Å². The number of hydrogen-bond acceptors (Lipinski definition) is 20. The number of nitrogen functional groups attached to an aromatic ring is 1. The van der Waals surface area contributed by atoms with Crippen molar-refractivity contribution in [1.29, 1.82) is 10.5 Å². The van der Waals surface area contributed by atoms with Crippen LogP contribution in [-0.2, 0) is 25.0 Å². The van der Waals surface area contributed by atoms with Crippen molar-refractivity contribution < 1.29 is 46.4 Å². The summed E-state index contributed by atoms with van der Waals surface area (Å²) >= 11 is 0. The van der Waals surface area contributed by atoms with E-state index in [4.69, 9.17) is 34.0 Å². The number of nitrogens with one attached hydrogen (secondary N) is 1. The van der Waals surface area contributed by atoms with Gasteiger partial charge in [0.05, 0.1) is 47.3 Å². The van der Waals surface area contributed by atoms with Crippen LogP contribution in [0.1, 0.15) is 99.4 Å². The maximum atomic E-state index is 14.8. The fraction of sp³-hybridized carbons (Fsp3) is 0.349. The molecule has 448 valence electrons. The summed E-state index contributed by atoms with van der Waals surface area (Å²) in [7, 11) is 0. The number of aromatic nitrogens is 8. The Morgan fingerprint density at radius 1 is 0.609 bits per heavy atom. The third kappa shape index (κ3) is 14.2. The van der Waals surface area contributed by atoms with E-state index >= 15 is 0 Å². The minimum atomic E-state index is -1.09. The molecule has 8 heterocycles. The zero-order valence-electron chi connectivity index (χ0n) is 49.5. The maximum Gasteiger partial charge on any atom is 0.425 e. The highest BCUT2D eigenvalue weighted by molar-refractivity contribution is 6.10. The highest BCUT2D eigenvalue weighted by Crippen LogP contribution is 2.40. The van der Waals surface area contributed by atoms with Crippen molar-refractivity contribution in [3.05, 3.63) is 133 Å². The van der Waals surface area contributed by atoms with E-state index in [1.165, 1.54) is 42.7 Å². The number of rotatable bonds is 9. The summed E-state index contributed by atoms with van der Waals surface area (Å²) in [6, 6.07) is 27.2. The van der Waals surface area contributed by atoms with Crippen LogP contribution in [0.2, 0.25) is 0 Å². The molecule has 2 saturated heterocycles. The standard InChI is InChI=1S/C39H44FN7O7.C24H20FN7O/c1-36(2,3)51-33(48)46-18-15-39(23-41,16-19-46)30-20-24(14-17-42-30)28-22-43-32(47(34(49)52-37(4,5)6)35(50)53-38(7,8)9)31(44-28)29-21-27(45-54-29)25-12-10-11-13-26(25)40;25-17-4-2-1-3-16(17)18-12-20(33-32-18)22-23(27)30-13-19(31-22)15-5-8-29-21(11-15)24(14-26)6-9-28-10-7-24/h10-14,17,20-22H,15-16,18-19H2,1-9H3;1-5,8,11-13,28H,6-7,9-10H2,(H2,27,30). The molecule has 3 amide bonds. The third-order valence-electron chi connectivity index (χ3n) is 14.0. The van der Waals surface area contributed by atoms with Gasteiger partial charge < -0.3 is 39.2 Å². The number of pyridine rings is 2. The number of halogens is 2. The summed E-state index contributed by atoms with van der Waals surface area (Å²) in [5, 5.41) is 31.6. The summed E-state index contributed by atoms with van der Waals surface area (Å²) in [5.41, 5.74) is 6.09. The number of carbonyl (C=O) groups excluding carboxylic acids is 3. The van der Waals surface area contributed by atoms with Crippen LogP contribution in [-0.4, -0.2) is 106 Å². The number of hydrogen-bond donors (Lipinski definition) is 2. The van der Waals surface area contributed by atoms with E-state index in [9.17, 15) is 33.7 Å². The molecule has 0 saturated carbocycles. The molecule has 2 aliphatic rings. The van der Waals surface area contributed by atoms with Crippen molar-refractivity contribution in [3.63, 3.8) is 0 Å². The molecule has 3 N–H and O–H groups in total. The van der Waals surface area contributed by atoms with Crippen LogP contribution < -0.4 is 16.0 Å². The number of amides is 3. The molecule has 8 aromatic rings. The van der Waals surface area contributed by atoms with Gasteiger partial charge in [-0.25, -0.2) is 43.1 Å². The normalized spacial score (nSPS) is 14.7. The number of benzene rings is 2. The highest BCUT2D eigenvalue weighted by Gasteiger charge is 2.42. The molecule has 6 aromatic heterocycles. The van der Waals surface area contributed by atoms with Crippen LogP contribution in [0.3, 0.4) is 0 Å². The molecule has 2 aliphatic heterocycles. The Morgan fingerprint density at radius 3 is 1.53 bits per heavy atom. The molecule has 0 spiro atoms. The molecule has 22 nitrogen and oxygen atoms in total. The Balaban J connectivity index is 0.000000232. The lowest BCUT2D eigenvalue weighted by molar-refractivity contribution is 0.0183. The average molecular weight is 1180 g/mol. The number of nitrogens with two attached hydrogens (primary N) is 1. The predicted molar refractivity (Wildman–Crippen MR) is 315 cm³/mol. The van der Waals surface area contributed by atoms with E-state index < -0.39 is 57.5 Å². The molecule has 0 atom stereocenters. The number of ether oxygens (including phenoxy) is 3. The van der Waals surface area contributed by atoms with Gasteiger partial charge in [0, 0.05) is 59.9 Å². The number of anilines is 2. The molecule has 0 radical (unpaired) electrons. The third-order valence-corrected chi connectivity index (χ3v) is 14.0. The molecule has 2 fully saturated rings. The monoisotopic (exact) mass is 1180 g/mol. The van der Waals surface area contributed by atoms with E-state index in [0.717, 1.165) is 18.7 Å². The van der Waals surface area contributed by atoms with E-state index in [1.807, 2.05) is 12.1 Å². The second-order valence-electron chi connectivity index (χ2n) is 23.8. The summed E-state index contributed by atoms with van der Waals surface area (Å²) in [6.45, 7) is 17.3. The first-order valence-electron chi connectivity index (χ1n) is 27.9. The molecule has 24 heteroatoms. The first kappa shape index (κ1) is 61.5. The molecule has 0 bridgehead atoms. The van der Waals surface area contributed by atoms with Crippen molar-refractivity contribution in [1.82, 2.24) is 50.4 Å². The first-order valence-corrected chi connectivity index (χ1v) is 27.9. The summed E-state index contributed by atoms with van der Waals surface area (Å²) in [5.74, 6) is -0.854. The second kappa shape index (κ2) is 24.9. The fourth-order valence-corrected chi connectivity index (χ4v) is 9.60. The second-order valence-corrected chi connectivity index (χ2v) is 23.8. The number of nitriles is 2. The smallest absolute Gasteiger partial charge is 0.425 e. The summed E-state index contributed by atoms with van der Waals surface area (Å²) < 4.78 is 56.7. The maximum absolute atomic E-state index is 14.8. The molecule has 10 rings (SSSR count). The van der Waals surface area contributed by atoms with Gasteiger partial charge in [-0.05, 0) is 150 Å². The summed E-state index contributed by atoms with van der Waals surface area (Å²) in [4.78, 5) is 69.6. The number of likely N-dealkylation sites (tertiary alicyclic amines) is 1. The molecule has 0 unspecified atom stereocenters. The minimum absolute atomic E-state index is 0.0491. The van der Waals surface area contributed by atoms with Crippen LogP contribution in [0.4, 0.5) is 34.8 Å². The SMILES string of the molecule is CC(C)(C)OC(=O)N1CCC(C#N)(c2cc(-c3cnc(N(C(=O)OC(C)(C)C)C(=O)OC(C)(C)C)c(-c4cc(-c5ccccc5F)no4)n3)ccn2)CC1.N#CC1(c2cc(-c3cnc(N)c(-c4cc(-c5ccccc5F)no4)n3)ccn2)CCNCC1. The van der Waals surface area contributed by atoms with Crippen molar-refractivity contribution >= 4 is 29.9 Å². The molecule has 2 aromatic carbocycles. The van der Waals surface area contributed by atoms with E-state index in [2.05, 4.69) is 52.7 Å². The lowest BCUT2D eigenvalue weighted by Crippen LogP contribution is -2.46. The van der Waals surface area contributed by atoms with Gasteiger partial charge in [-0.15, -0.1) is 0 Å².